The summed E-state index contributed by atoms with van der Waals surface area (Å²) < 4.78 is 29.5. The molecule has 6 heteroatoms. The van der Waals surface area contributed by atoms with Crippen molar-refractivity contribution in [2.75, 3.05) is 7.05 Å². The quantitative estimate of drug-likeness (QED) is 0.902. The minimum atomic E-state index is -2.83. The van der Waals surface area contributed by atoms with Gasteiger partial charge in [-0.25, -0.2) is 0 Å². The second-order valence-electron chi connectivity index (χ2n) is 2.80. The zero-order valence-corrected chi connectivity index (χ0v) is 11.0. The van der Waals surface area contributed by atoms with Gasteiger partial charge in [0.25, 0.3) is 0 Å². The van der Waals surface area contributed by atoms with Gasteiger partial charge in [0.1, 0.15) is 0 Å². The normalized spacial score (nSPS) is 10.8. The lowest BCUT2D eigenvalue weighted by Crippen LogP contribution is -2.07. The second-order valence-corrected chi connectivity index (χ2v) is 4.51. The molecule has 84 valence electrons. The van der Waals surface area contributed by atoms with E-state index in [1.54, 1.807) is 12.1 Å². The fourth-order valence-electron chi connectivity index (χ4n) is 1.12. The molecule has 1 aromatic carbocycles. The zero-order valence-electron chi connectivity index (χ0n) is 7.86. The molecular weight excluding hydrogens is 336 g/mol. The van der Waals surface area contributed by atoms with Gasteiger partial charge in [0.2, 0.25) is 0 Å². The lowest BCUT2D eigenvalue weighted by atomic mass is 10.2. The summed E-state index contributed by atoms with van der Waals surface area (Å²) in [4.78, 5) is 0. The van der Waals surface area contributed by atoms with Crippen LogP contribution in [0, 0.1) is 0 Å². The molecule has 0 spiro atoms. The number of nitrogens with one attached hydrogen (secondary N) is 1. The summed E-state index contributed by atoms with van der Waals surface area (Å²) in [6.45, 7) is -2.17. The van der Waals surface area contributed by atoms with Gasteiger partial charge in [-0.1, -0.05) is 0 Å². The average Bonchev–Trinajstić information content (AvgIpc) is 2.11. The molecule has 1 aromatic rings. The van der Waals surface area contributed by atoms with Crippen LogP contribution in [0.1, 0.15) is 5.56 Å². The average molecular weight is 345 g/mol. The minimum absolute atomic E-state index is 0.116. The van der Waals surface area contributed by atoms with E-state index in [2.05, 4.69) is 41.9 Å². The molecule has 0 amide bonds. The van der Waals surface area contributed by atoms with E-state index >= 15 is 0 Å². The summed E-state index contributed by atoms with van der Waals surface area (Å²) in [6, 6.07) is 3.47. The first-order valence-electron chi connectivity index (χ1n) is 4.12. The molecule has 0 aliphatic carbocycles. The Hall–Kier alpha value is -0.200. The first kappa shape index (κ1) is 12.9. The Bertz CT molecular complexity index is 324. The first-order valence-corrected chi connectivity index (χ1v) is 5.70. The largest absolute Gasteiger partial charge is 0.432 e. The number of halogens is 4. The van der Waals surface area contributed by atoms with Crippen LogP contribution in [0.2, 0.25) is 0 Å². The SMILES string of the molecule is CNCc1cc(Br)c(OC(F)F)c(Br)c1. The third-order valence-electron chi connectivity index (χ3n) is 1.65. The van der Waals surface area contributed by atoms with Gasteiger partial charge in [0, 0.05) is 6.54 Å². The maximum absolute atomic E-state index is 12.1. The fraction of sp³-hybridized carbons (Fsp3) is 0.333. The summed E-state index contributed by atoms with van der Waals surface area (Å²) in [5.41, 5.74) is 0.970. The molecule has 0 aliphatic rings. The highest BCUT2D eigenvalue weighted by atomic mass is 79.9. The van der Waals surface area contributed by atoms with Crippen LogP contribution < -0.4 is 10.1 Å². The van der Waals surface area contributed by atoms with Gasteiger partial charge in [0.15, 0.2) is 5.75 Å². The number of hydrogen-bond acceptors (Lipinski definition) is 2. The van der Waals surface area contributed by atoms with Gasteiger partial charge in [-0.2, -0.15) is 8.78 Å². The van der Waals surface area contributed by atoms with Crippen molar-refractivity contribution in [2.45, 2.75) is 13.2 Å². The third-order valence-corrected chi connectivity index (χ3v) is 2.82. The van der Waals surface area contributed by atoms with Crippen LogP contribution in [0.15, 0.2) is 21.1 Å². The molecule has 0 aliphatic heterocycles. The topological polar surface area (TPSA) is 21.3 Å². The van der Waals surface area contributed by atoms with Crippen molar-refractivity contribution < 1.29 is 13.5 Å². The monoisotopic (exact) mass is 343 g/mol. The Kier molecular flexibility index (Phi) is 4.95. The predicted octanol–water partition coefficient (Wildman–Crippen LogP) is 3.53. The zero-order chi connectivity index (χ0) is 11.4. The lowest BCUT2D eigenvalue weighted by Gasteiger charge is -2.11. The van der Waals surface area contributed by atoms with E-state index in [9.17, 15) is 8.78 Å². The Labute approximate surface area is 103 Å². The molecule has 1 rings (SSSR count). The molecule has 0 bridgehead atoms. The summed E-state index contributed by atoms with van der Waals surface area (Å²) in [5, 5.41) is 2.97. The molecule has 0 fully saturated rings. The van der Waals surface area contributed by atoms with Crippen LogP contribution in [0.4, 0.5) is 8.78 Å². The van der Waals surface area contributed by atoms with E-state index < -0.39 is 6.61 Å². The van der Waals surface area contributed by atoms with Gasteiger partial charge in [0.05, 0.1) is 8.95 Å². The molecule has 0 atom stereocenters. The van der Waals surface area contributed by atoms with Crippen molar-refractivity contribution >= 4 is 31.9 Å². The number of rotatable bonds is 4. The molecule has 15 heavy (non-hydrogen) atoms. The van der Waals surface area contributed by atoms with Gasteiger partial charge >= 0.3 is 6.61 Å². The summed E-state index contributed by atoms with van der Waals surface area (Å²) >= 11 is 6.36. The van der Waals surface area contributed by atoms with E-state index in [-0.39, 0.29) is 5.75 Å². The van der Waals surface area contributed by atoms with Gasteiger partial charge in [-0.15, -0.1) is 0 Å². The molecule has 0 unspecified atom stereocenters. The minimum Gasteiger partial charge on any atom is -0.432 e. The Balaban J connectivity index is 2.98. The first-order chi connectivity index (χ1) is 7.04. The Morgan fingerprint density at radius 3 is 2.27 bits per heavy atom. The van der Waals surface area contributed by atoms with Crippen molar-refractivity contribution in [1.29, 1.82) is 0 Å². The van der Waals surface area contributed by atoms with Crippen LogP contribution >= 0.6 is 31.9 Å². The van der Waals surface area contributed by atoms with Gasteiger partial charge in [-0.3, -0.25) is 0 Å². The van der Waals surface area contributed by atoms with Crippen LogP contribution in [-0.4, -0.2) is 13.7 Å². The second kappa shape index (κ2) is 5.77. The molecule has 0 radical (unpaired) electrons. The maximum atomic E-state index is 12.1. The van der Waals surface area contributed by atoms with Crippen LogP contribution in [-0.2, 0) is 6.54 Å². The van der Waals surface area contributed by atoms with Crippen molar-refractivity contribution in [3.63, 3.8) is 0 Å². The Morgan fingerprint density at radius 1 is 1.33 bits per heavy atom. The van der Waals surface area contributed by atoms with E-state index in [1.165, 1.54) is 0 Å². The summed E-state index contributed by atoms with van der Waals surface area (Å²) in [6.07, 6.45) is 0. The molecular formula is C9H9Br2F2NO. The lowest BCUT2D eigenvalue weighted by molar-refractivity contribution is -0.0508. The van der Waals surface area contributed by atoms with Crippen LogP contribution in [0.25, 0.3) is 0 Å². The predicted molar refractivity (Wildman–Crippen MR) is 61.2 cm³/mol. The highest BCUT2D eigenvalue weighted by Gasteiger charge is 2.13. The number of ether oxygens (including phenoxy) is 1. The van der Waals surface area contributed by atoms with Crippen molar-refractivity contribution in [1.82, 2.24) is 5.32 Å². The van der Waals surface area contributed by atoms with Crippen molar-refractivity contribution in [3.8, 4) is 5.75 Å². The van der Waals surface area contributed by atoms with E-state index in [1.807, 2.05) is 7.05 Å². The number of benzene rings is 1. The highest BCUT2D eigenvalue weighted by molar-refractivity contribution is 9.11. The summed E-state index contributed by atoms with van der Waals surface area (Å²) in [7, 11) is 1.81. The molecule has 2 nitrogen and oxygen atoms in total. The number of alkyl halides is 2. The summed E-state index contributed by atoms with van der Waals surface area (Å²) in [5.74, 6) is 0.116. The van der Waals surface area contributed by atoms with Gasteiger partial charge in [-0.05, 0) is 56.6 Å². The van der Waals surface area contributed by atoms with Crippen molar-refractivity contribution in [3.05, 3.63) is 26.6 Å². The Morgan fingerprint density at radius 2 is 1.87 bits per heavy atom. The highest BCUT2D eigenvalue weighted by Crippen LogP contribution is 2.35. The third kappa shape index (κ3) is 3.70. The van der Waals surface area contributed by atoms with Crippen molar-refractivity contribution in [2.24, 2.45) is 0 Å². The number of hydrogen-bond donors (Lipinski definition) is 1. The smallest absolute Gasteiger partial charge is 0.387 e. The van der Waals surface area contributed by atoms with E-state index in [4.69, 9.17) is 0 Å². The standard InChI is InChI=1S/C9H9Br2F2NO/c1-14-4-5-2-6(10)8(7(11)3-5)15-9(12)13/h2-3,9,14H,4H2,1H3. The maximum Gasteiger partial charge on any atom is 0.387 e. The molecule has 1 N–H and O–H groups in total. The van der Waals surface area contributed by atoms with E-state index in [0.717, 1.165) is 5.56 Å². The van der Waals surface area contributed by atoms with Crippen LogP contribution in [0.3, 0.4) is 0 Å². The molecule has 0 saturated carbocycles. The van der Waals surface area contributed by atoms with E-state index in [0.29, 0.717) is 15.5 Å². The fourth-order valence-corrected chi connectivity index (χ4v) is 2.59. The molecule has 0 heterocycles. The van der Waals surface area contributed by atoms with Gasteiger partial charge < -0.3 is 10.1 Å². The van der Waals surface area contributed by atoms with Crippen LogP contribution in [0.5, 0.6) is 5.75 Å². The molecule has 0 saturated heterocycles. The molecule has 0 aromatic heterocycles.